The molecule has 1 rings (SSSR count). The van der Waals surface area contributed by atoms with E-state index in [1.807, 2.05) is 6.92 Å². The van der Waals surface area contributed by atoms with Gasteiger partial charge >= 0.3 is 6.09 Å². The van der Waals surface area contributed by atoms with Crippen molar-refractivity contribution in [3.05, 3.63) is 58.3 Å². The third-order valence-electron chi connectivity index (χ3n) is 3.47. The zero-order valence-electron chi connectivity index (χ0n) is 17.0. The fourth-order valence-electron chi connectivity index (χ4n) is 2.37. The van der Waals surface area contributed by atoms with Crippen LogP contribution < -0.4 is 0 Å². The van der Waals surface area contributed by atoms with E-state index in [-0.39, 0.29) is 19.8 Å². The number of hydrogen-bond donors (Lipinski definition) is 1. The normalized spacial score (nSPS) is 12.8. The van der Waals surface area contributed by atoms with Gasteiger partial charge in [0.15, 0.2) is 6.23 Å². The molecule has 0 radical (unpaired) electrons. The molecular formula is C20H27Cl2NO6. The summed E-state index contributed by atoms with van der Waals surface area (Å²) >= 11 is 12.1. The van der Waals surface area contributed by atoms with Gasteiger partial charge in [-0.1, -0.05) is 41.9 Å². The van der Waals surface area contributed by atoms with Crippen LogP contribution in [0.15, 0.2) is 42.7 Å². The molecule has 0 fully saturated rings. The second kappa shape index (κ2) is 12.0. The fourth-order valence-corrected chi connectivity index (χ4v) is 2.88. The highest BCUT2D eigenvalue weighted by Crippen LogP contribution is 2.25. The summed E-state index contributed by atoms with van der Waals surface area (Å²) < 4.78 is 16.7. The molecule has 1 aromatic carbocycles. The van der Waals surface area contributed by atoms with Crippen molar-refractivity contribution in [3.8, 4) is 0 Å². The Morgan fingerprint density at radius 1 is 1.31 bits per heavy atom. The summed E-state index contributed by atoms with van der Waals surface area (Å²) in [5.74, 6) is -0.733. The van der Waals surface area contributed by atoms with Crippen LogP contribution in [0.4, 0.5) is 4.79 Å². The van der Waals surface area contributed by atoms with E-state index in [0.29, 0.717) is 26.4 Å². The molecule has 29 heavy (non-hydrogen) atoms. The van der Waals surface area contributed by atoms with E-state index < -0.39 is 18.1 Å². The Morgan fingerprint density at radius 3 is 2.48 bits per heavy atom. The van der Waals surface area contributed by atoms with Crippen molar-refractivity contribution in [1.82, 2.24) is 5.06 Å². The van der Waals surface area contributed by atoms with E-state index in [0.717, 1.165) is 0 Å². The number of nitrogens with zero attached hydrogens (tertiary/aromatic N) is 1. The molecule has 1 unspecified atom stereocenters. The van der Waals surface area contributed by atoms with Gasteiger partial charge in [0.25, 0.3) is 0 Å². The van der Waals surface area contributed by atoms with Crippen molar-refractivity contribution < 1.29 is 28.9 Å². The van der Waals surface area contributed by atoms with Gasteiger partial charge in [-0.05, 0) is 32.1 Å². The van der Waals surface area contributed by atoms with Gasteiger partial charge in [0, 0.05) is 29.5 Å². The third kappa shape index (κ3) is 9.06. The standard InChI is InChI=1S/C20H27Cl2NO6/c1-6-8-14(2)28-20(4,5)29-15(3)23(19(24)25)27-12-11-26-13-16-17(21)9-7-10-18(16)22/h6-10,15H,2,11-13H2,1,3-5H3,(H,24,25)/b8-6-. The number of rotatable bonds is 12. The summed E-state index contributed by atoms with van der Waals surface area (Å²) in [4.78, 5) is 16.8. The Hall–Kier alpha value is -1.77. The quantitative estimate of drug-likeness (QED) is 0.147. The molecule has 1 atom stereocenters. The Labute approximate surface area is 181 Å². The monoisotopic (exact) mass is 447 g/mol. The third-order valence-corrected chi connectivity index (χ3v) is 4.18. The first-order valence-corrected chi connectivity index (χ1v) is 9.67. The lowest BCUT2D eigenvalue weighted by Gasteiger charge is -2.33. The Morgan fingerprint density at radius 2 is 1.93 bits per heavy atom. The Kier molecular flexibility index (Phi) is 10.5. The molecule has 0 aliphatic heterocycles. The molecule has 0 aromatic heterocycles. The van der Waals surface area contributed by atoms with Gasteiger partial charge in [-0.3, -0.25) is 4.84 Å². The molecule has 0 saturated heterocycles. The van der Waals surface area contributed by atoms with Crippen LogP contribution in [0, 0.1) is 0 Å². The minimum absolute atomic E-state index is 0.0192. The number of benzene rings is 1. The van der Waals surface area contributed by atoms with Gasteiger partial charge in [0.05, 0.1) is 19.8 Å². The molecule has 0 aliphatic carbocycles. The van der Waals surface area contributed by atoms with E-state index in [1.54, 1.807) is 44.2 Å². The van der Waals surface area contributed by atoms with Crippen LogP contribution >= 0.6 is 23.2 Å². The highest BCUT2D eigenvalue weighted by atomic mass is 35.5. The van der Waals surface area contributed by atoms with Gasteiger partial charge in [0.2, 0.25) is 5.79 Å². The maximum atomic E-state index is 11.5. The first kappa shape index (κ1) is 25.3. The van der Waals surface area contributed by atoms with Crippen LogP contribution in [0.25, 0.3) is 0 Å². The number of hydroxylamine groups is 2. The number of carbonyl (C=O) groups is 1. The highest BCUT2D eigenvalue weighted by molar-refractivity contribution is 6.35. The summed E-state index contributed by atoms with van der Waals surface area (Å²) in [6.07, 6.45) is 1.18. The molecule has 0 saturated carbocycles. The van der Waals surface area contributed by atoms with Crippen molar-refractivity contribution in [1.29, 1.82) is 0 Å². The Bertz CT molecular complexity index is 703. The number of allylic oxidation sites excluding steroid dienone is 2. The molecule has 162 valence electrons. The van der Waals surface area contributed by atoms with Crippen LogP contribution in [0.1, 0.15) is 33.3 Å². The van der Waals surface area contributed by atoms with Gasteiger partial charge < -0.3 is 19.3 Å². The van der Waals surface area contributed by atoms with E-state index >= 15 is 0 Å². The van der Waals surface area contributed by atoms with Crippen molar-refractivity contribution >= 4 is 29.3 Å². The Balaban J connectivity index is 2.51. The zero-order valence-corrected chi connectivity index (χ0v) is 18.5. The first-order valence-electron chi connectivity index (χ1n) is 8.91. The molecule has 7 nitrogen and oxygen atoms in total. The topological polar surface area (TPSA) is 77.5 Å². The van der Waals surface area contributed by atoms with E-state index in [4.69, 9.17) is 42.3 Å². The van der Waals surface area contributed by atoms with Crippen molar-refractivity contribution in [2.24, 2.45) is 0 Å². The van der Waals surface area contributed by atoms with Crippen LogP contribution in [0.5, 0.6) is 0 Å². The number of halogens is 2. The number of amides is 1. The number of carboxylic acid groups (broad SMARTS) is 1. The lowest BCUT2D eigenvalue weighted by Crippen LogP contribution is -2.45. The maximum Gasteiger partial charge on any atom is 0.434 e. The summed E-state index contributed by atoms with van der Waals surface area (Å²) in [5.41, 5.74) is 0.655. The summed E-state index contributed by atoms with van der Waals surface area (Å²) in [6.45, 7) is 10.7. The van der Waals surface area contributed by atoms with E-state index in [1.165, 1.54) is 6.92 Å². The first-order chi connectivity index (χ1) is 13.6. The fraction of sp³-hybridized carbons (Fsp3) is 0.450. The van der Waals surface area contributed by atoms with Crippen LogP contribution in [-0.2, 0) is 25.7 Å². The zero-order chi connectivity index (χ0) is 22.0. The summed E-state index contributed by atoms with van der Waals surface area (Å²) in [7, 11) is 0. The largest absolute Gasteiger partial charge is 0.464 e. The van der Waals surface area contributed by atoms with Gasteiger partial charge in [-0.15, -0.1) is 0 Å². The molecule has 1 aromatic rings. The number of ether oxygens (including phenoxy) is 3. The highest BCUT2D eigenvalue weighted by Gasteiger charge is 2.30. The molecule has 1 amide bonds. The molecule has 0 bridgehead atoms. The van der Waals surface area contributed by atoms with Crippen LogP contribution in [-0.4, -0.2) is 41.5 Å². The lowest BCUT2D eigenvalue weighted by atomic mass is 10.2. The number of hydrogen-bond acceptors (Lipinski definition) is 5. The second-order valence-corrected chi connectivity index (χ2v) is 7.19. The average Bonchev–Trinajstić information content (AvgIpc) is 2.58. The second-order valence-electron chi connectivity index (χ2n) is 6.38. The predicted octanol–water partition coefficient (Wildman–Crippen LogP) is 5.63. The van der Waals surface area contributed by atoms with Crippen LogP contribution in [0.2, 0.25) is 10.0 Å². The minimum Gasteiger partial charge on any atom is -0.464 e. The molecule has 0 spiro atoms. The summed E-state index contributed by atoms with van der Waals surface area (Å²) in [5, 5.41) is 11.1. The van der Waals surface area contributed by atoms with E-state index in [2.05, 4.69) is 6.58 Å². The van der Waals surface area contributed by atoms with Gasteiger partial charge in [0.1, 0.15) is 5.76 Å². The average molecular weight is 448 g/mol. The molecular weight excluding hydrogens is 421 g/mol. The van der Waals surface area contributed by atoms with Gasteiger partial charge in [-0.2, -0.15) is 5.06 Å². The van der Waals surface area contributed by atoms with E-state index in [9.17, 15) is 9.90 Å². The molecule has 0 aliphatic rings. The summed E-state index contributed by atoms with van der Waals surface area (Å²) in [6, 6.07) is 5.16. The maximum absolute atomic E-state index is 11.5. The van der Waals surface area contributed by atoms with Crippen LogP contribution in [0.3, 0.4) is 0 Å². The molecule has 1 N–H and O–H groups in total. The molecule has 9 heteroatoms. The predicted molar refractivity (Wildman–Crippen MR) is 112 cm³/mol. The smallest absolute Gasteiger partial charge is 0.434 e. The van der Waals surface area contributed by atoms with Crippen molar-refractivity contribution in [2.45, 2.75) is 46.3 Å². The van der Waals surface area contributed by atoms with Crippen molar-refractivity contribution in [3.63, 3.8) is 0 Å². The minimum atomic E-state index is -1.31. The lowest BCUT2D eigenvalue weighted by molar-refractivity contribution is -0.296. The van der Waals surface area contributed by atoms with Gasteiger partial charge in [-0.25, -0.2) is 4.79 Å². The molecule has 0 heterocycles. The SMILES string of the molecule is C=C(/C=C\C)OC(C)(C)OC(C)N(OCCOCc1c(Cl)cccc1Cl)C(=O)O. The van der Waals surface area contributed by atoms with Crippen molar-refractivity contribution in [2.75, 3.05) is 13.2 Å².